The Bertz CT molecular complexity index is 377. The largest absolute Gasteiger partial charge is 1.00 e. The molecule has 180 valence electrons. The van der Waals surface area contributed by atoms with Gasteiger partial charge in [0.1, 0.15) is 0 Å². The number of nitrogens with two attached hydrogens (primary N) is 1. The van der Waals surface area contributed by atoms with Gasteiger partial charge in [0.15, 0.2) is 0 Å². The molecule has 0 aromatic heterocycles. The molecule has 0 saturated carbocycles. The van der Waals surface area contributed by atoms with Gasteiger partial charge in [0.2, 0.25) is 11.8 Å². The summed E-state index contributed by atoms with van der Waals surface area (Å²) in [4.78, 5) is 26.4. The summed E-state index contributed by atoms with van der Waals surface area (Å²) in [6, 6.07) is 0. The Hall–Kier alpha value is 0.1000. The average molecular weight is 449 g/mol. The van der Waals surface area contributed by atoms with Crippen LogP contribution in [0.25, 0.3) is 0 Å². The second kappa shape index (κ2) is 26.4. The van der Waals surface area contributed by atoms with Crippen LogP contribution in [0, 0.1) is 0 Å². The maximum Gasteiger partial charge on any atom is 1.00 e. The number of amides is 2. The van der Waals surface area contributed by atoms with E-state index in [1.807, 2.05) is 0 Å². The molecule has 0 aliphatic rings. The number of hydrogen-bond donors (Lipinski definition) is 1. The molecule has 0 saturated heterocycles. The van der Waals surface area contributed by atoms with Gasteiger partial charge in [-0.3, -0.25) is 14.5 Å². The van der Waals surface area contributed by atoms with E-state index in [0.29, 0.717) is 25.9 Å². The van der Waals surface area contributed by atoms with Crippen LogP contribution in [0.4, 0.5) is 0 Å². The molecule has 0 aliphatic heterocycles. The molecule has 0 aromatic carbocycles. The summed E-state index contributed by atoms with van der Waals surface area (Å²) in [6.07, 6.45) is 23.1. The van der Waals surface area contributed by atoms with Crippen molar-refractivity contribution in [3.63, 3.8) is 0 Å². The Labute approximate surface area is 217 Å². The molecule has 0 spiro atoms. The second-order valence-electron chi connectivity index (χ2n) is 8.88. The molecule has 5 heteroatoms. The molecule has 0 bridgehead atoms. The molecule has 0 atom stereocenters. The number of carbonyl (C=O) groups excluding carboxylic acids is 2. The number of hydrogen-bond acceptors (Lipinski definition) is 3. The van der Waals surface area contributed by atoms with Crippen molar-refractivity contribution in [1.29, 1.82) is 0 Å². The fourth-order valence-corrected chi connectivity index (χ4v) is 3.96. The van der Waals surface area contributed by atoms with Crippen LogP contribution in [0.3, 0.4) is 0 Å². The van der Waals surface area contributed by atoms with Gasteiger partial charge in [-0.15, -0.1) is 0 Å². The topological polar surface area (TPSA) is 63.4 Å². The molecular weight excluding hydrogens is 395 g/mol. The number of unbranched alkanes of at least 4 members (excludes halogenated alkanes) is 16. The number of rotatable bonds is 22. The van der Waals surface area contributed by atoms with Crippen molar-refractivity contribution in [3.8, 4) is 0 Å². The Morgan fingerprint density at radius 3 is 1.16 bits per heavy atom. The van der Waals surface area contributed by atoms with Crippen molar-refractivity contribution < 1.29 is 40.6 Å². The van der Waals surface area contributed by atoms with Gasteiger partial charge in [0.25, 0.3) is 0 Å². The maximum atomic E-state index is 12.5. The van der Waals surface area contributed by atoms with Crippen molar-refractivity contribution in [2.75, 3.05) is 13.1 Å². The summed E-state index contributed by atoms with van der Waals surface area (Å²) in [5.74, 6) is -0.0476. The predicted molar refractivity (Wildman–Crippen MR) is 131 cm³/mol. The van der Waals surface area contributed by atoms with Crippen LogP contribution in [-0.4, -0.2) is 29.8 Å². The molecule has 0 unspecified atom stereocenters. The quantitative estimate of drug-likeness (QED) is 0.199. The number of nitrogens with zero attached hydrogens (tertiary/aromatic N) is 1. The molecular formula is C26H53N2NaO2. The zero-order valence-electron chi connectivity index (χ0n) is 22.4. The van der Waals surface area contributed by atoms with Crippen molar-refractivity contribution in [1.82, 2.24) is 4.90 Å². The van der Waals surface area contributed by atoms with Crippen molar-refractivity contribution in [3.05, 3.63) is 0 Å². The summed E-state index contributed by atoms with van der Waals surface area (Å²) in [6.45, 7) is 5.21. The Morgan fingerprint density at radius 2 is 0.871 bits per heavy atom. The third-order valence-electron chi connectivity index (χ3n) is 5.94. The summed E-state index contributed by atoms with van der Waals surface area (Å²) in [5, 5.41) is 0. The Morgan fingerprint density at radius 1 is 0.581 bits per heavy atom. The molecule has 0 fully saturated rings. The summed E-state index contributed by atoms with van der Waals surface area (Å²) < 4.78 is 0. The summed E-state index contributed by atoms with van der Waals surface area (Å²) >= 11 is 0. The monoisotopic (exact) mass is 448 g/mol. The van der Waals surface area contributed by atoms with Crippen LogP contribution in [-0.2, 0) is 9.59 Å². The van der Waals surface area contributed by atoms with Gasteiger partial charge in [0, 0.05) is 25.9 Å². The van der Waals surface area contributed by atoms with E-state index in [1.54, 1.807) is 0 Å². The molecule has 0 aliphatic carbocycles. The van der Waals surface area contributed by atoms with E-state index >= 15 is 0 Å². The van der Waals surface area contributed by atoms with E-state index in [-0.39, 0.29) is 42.8 Å². The van der Waals surface area contributed by atoms with Crippen LogP contribution >= 0.6 is 0 Å². The predicted octanol–water partition coefficient (Wildman–Crippen LogP) is 4.26. The van der Waals surface area contributed by atoms with E-state index < -0.39 is 0 Å². The third-order valence-corrected chi connectivity index (χ3v) is 5.94. The summed E-state index contributed by atoms with van der Waals surface area (Å²) in [5.41, 5.74) is 5.65. The first-order valence-corrected chi connectivity index (χ1v) is 13.2. The first-order valence-electron chi connectivity index (χ1n) is 13.2. The molecule has 2 amide bonds. The van der Waals surface area contributed by atoms with Gasteiger partial charge in [-0.25, -0.2) is 0 Å². The number of carbonyl (C=O) groups is 2. The summed E-state index contributed by atoms with van der Waals surface area (Å²) in [7, 11) is 0. The van der Waals surface area contributed by atoms with E-state index in [2.05, 4.69) is 13.8 Å². The van der Waals surface area contributed by atoms with Crippen LogP contribution < -0.4 is 35.3 Å². The van der Waals surface area contributed by atoms with Gasteiger partial charge in [-0.1, -0.05) is 117 Å². The SMILES string of the molecule is CCCCCCCCCCCC(=O)N(CCN)C(=O)CCCCCCCCCCC.[H-].[Na+]. The minimum atomic E-state index is -0.0238. The van der Waals surface area contributed by atoms with Gasteiger partial charge >= 0.3 is 29.6 Å². The second-order valence-corrected chi connectivity index (χ2v) is 8.88. The Balaban J connectivity index is -0.00000420. The van der Waals surface area contributed by atoms with Gasteiger partial charge < -0.3 is 7.16 Å². The molecule has 31 heavy (non-hydrogen) atoms. The van der Waals surface area contributed by atoms with Gasteiger partial charge in [-0.2, -0.15) is 0 Å². The molecule has 0 heterocycles. The van der Waals surface area contributed by atoms with E-state index in [0.717, 1.165) is 25.7 Å². The molecule has 2 N–H and O–H groups in total. The van der Waals surface area contributed by atoms with Crippen LogP contribution in [0.15, 0.2) is 0 Å². The number of imide groups is 1. The normalized spacial score (nSPS) is 10.7. The Kier molecular flexibility index (Phi) is 28.3. The zero-order valence-corrected chi connectivity index (χ0v) is 23.4. The van der Waals surface area contributed by atoms with E-state index in [9.17, 15) is 9.59 Å². The maximum absolute atomic E-state index is 12.5. The molecule has 0 rings (SSSR count). The minimum absolute atomic E-state index is 0. The van der Waals surface area contributed by atoms with Crippen molar-refractivity contribution in [2.45, 2.75) is 142 Å². The van der Waals surface area contributed by atoms with Crippen molar-refractivity contribution >= 4 is 11.8 Å². The zero-order chi connectivity index (χ0) is 22.3. The van der Waals surface area contributed by atoms with E-state index in [4.69, 9.17) is 5.73 Å². The van der Waals surface area contributed by atoms with Crippen LogP contribution in [0.2, 0.25) is 0 Å². The van der Waals surface area contributed by atoms with Gasteiger partial charge in [-0.05, 0) is 12.8 Å². The smallest absolute Gasteiger partial charge is 1.00 e. The van der Waals surface area contributed by atoms with Crippen LogP contribution in [0.5, 0.6) is 0 Å². The first kappa shape index (κ1) is 33.3. The van der Waals surface area contributed by atoms with Crippen molar-refractivity contribution in [2.24, 2.45) is 5.73 Å². The molecule has 0 radical (unpaired) electrons. The first-order chi connectivity index (χ1) is 14.7. The fourth-order valence-electron chi connectivity index (χ4n) is 3.96. The van der Waals surface area contributed by atoms with E-state index in [1.165, 1.54) is 94.8 Å². The van der Waals surface area contributed by atoms with Gasteiger partial charge in [0.05, 0.1) is 0 Å². The fraction of sp³-hybridized carbons (Fsp3) is 0.923. The standard InChI is InChI=1S/C26H52N2O2.Na.H/c1-3-5-7-9-11-13-15-17-19-21-25(29)28(24-23-27)26(30)22-20-18-16-14-12-10-8-6-4-2;;/h3-24,27H2,1-2H3;;/q;+1;-1. The van der Waals surface area contributed by atoms with Crippen LogP contribution in [0.1, 0.15) is 144 Å². The molecule has 0 aromatic rings. The third kappa shape index (κ3) is 21.7. The minimum Gasteiger partial charge on any atom is -1.00 e. The molecule has 4 nitrogen and oxygen atoms in total. The average Bonchev–Trinajstić information content (AvgIpc) is 2.74.